The molecule has 96 valence electrons. The van der Waals surface area contributed by atoms with Crippen molar-refractivity contribution in [3.05, 3.63) is 70.3 Å². The van der Waals surface area contributed by atoms with Gasteiger partial charge in [-0.15, -0.1) is 0 Å². The fourth-order valence-electron chi connectivity index (χ4n) is 1.55. The van der Waals surface area contributed by atoms with Crippen molar-refractivity contribution in [1.82, 2.24) is 0 Å². The summed E-state index contributed by atoms with van der Waals surface area (Å²) in [6.07, 6.45) is 0. The molecule has 2 aromatic rings. The minimum Gasteiger partial charge on any atom is -0.278 e. The molecule has 19 heavy (non-hydrogen) atoms. The predicted molar refractivity (Wildman–Crippen MR) is 75.4 cm³/mol. The summed E-state index contributed by atoms with van der Waals surface area (Å²) in [6.45, 7) is 1.90. The van der Waals surface area contributed by atoms with E-state index in [9.17, 15) is 10.1 Å². The molecule has 2 rings (SSSR count). The summed E-state index contributed by atoms with van der Waals surface area (Å²) in [7, 11) is 0. The van der Waals surface area contributed by atoms with E-state index in [-0.39, 0.29) is 5.69 Å². The van der Waals surface area contributed by atoms with Gasteiger partial charge in [0, 0.05) is 12.1 Å². The largest absolute Gasteiger partial charge is 0.278 e. The summed E-state index contributed by atoms with van der Waals surface area (Å²) in [5.41, 5.74) is 5.52. The molecule has 0 bridgehead atoms. The topological polar surface area (TPSA) is 67.5 Å². The van der Waals surface area contributed by atoms with Gasteiger partial charge in [0.2, 0.25) is 0 Å². The highest BCUT2D eigenvalue weighted by molar-refractivity contribution is 5.99. The second-order valence-electron chi connectivity index (χ2n) is 3.98. The van der Waals surface area contributed by atoms with Crippen molar-refractivity contribution in [3.8, 4) is 0 Å². The zero-order valence-electron chi connectivity index (χ0n) is 10.4. The Labute approximate surface area is 110 Å². The molecule has 2 aromatic carbocycles. The van der Waals surface area contributed by atoms with Crippen LogP contribution in [0.3, 0.4) is 0 Å². The summed E-state index contributed by atoms with van der Waals surface area (Å²) in [5.74, 6) is 0. The molecule has 0 aliphatic carbocycles. The van der Waals surface area contributed by atoms with E-state index in [0.29, 0.717) is 5.69 Å². The van der Waals surface area contributed by atoms with Gasteiger partial charge in [-0.05, 0) is 24.6 Å². The number of nitrogens with one attached hydrogen (secondary N) is 1. The molecule has 5 nitrogen and oxygen atoms in total. The number of hydrogen-bond donors (Lipinski definition) is 1. The highest BCUT2D eigenvalue weighted by atomic mass is 16.6. The van der Waals surface area contributed by atoms with Gasteiger partial charge in [-0.2, -0.15) is 5.10 Å². The molecule has 1 N–H and O–H groups in total. The van der Waals surface area contributed by atoms with Crippen LogP contribution in [0.2, 0.25) is 0 Å². The van der Waals surface area contributed by atoms with Crippen LogP contribution in [0.5, 0.6) is 0 Å². The maximum Gasteiger partial charge on any atom is 0.269 e. The quantitative estimate of drug-likeness (QED) is 0.517. The lowest BCUT2D eigenvalue weighted by Crippen LogP contribution is -1.99. The van der Waals surface area contributed by atoms with Crippen LogP contribution in [0.1, 0.15) is 12.5 Å². The van der Waals surface area contributed by atoms with Crippen LogP contribution < -0.4 is 5.43 Å². The molecule has 0 radical (unpaired) electrons. The van der Waals surface area contributed by atoms with Gasteiger partial charge >= 0.3 is 0 Å². The Morgan fingerprint density at radius 3 is 2.32 bits per heavy atom. The molecular formula is C14H13N3O2. The maximum atomic E-state index is 10.5. The van der Waals surface area contributed by atoms with Gasteiger partial charge in [-0.1, -0.05) is 30.3 Å². The van der Waals surface area contributed by atoms with E-state index in [1.807, 2.05) is 37.3 Å². The molecular weight excluding hydrogens is 242 g/mol. The first-order valence-electron chi connectivity index (χ1n) is 5.77. The number of non-ortho nitro benzene ring substituents is 1. The molecule has 0 fully saturated rings. The van der Waals surface area contributed by atoms with Crippen LogP contribution in [0.4, 0.5) is 11.4 Å². The van der Waals surface area contributed by atoms with Gasteiger partial charge in [0.1, 0.15) is 0 Å². The van der Waals surface area contributed by atoms with Crippen LogP contribution >= 0.6 is 0 Å². The lowest BCUT2D eigenvalue weighted by Gasteiger charge is -2.03. The van der Waals surface area contributed by atoms with Crippen molar-refractivity contribution < 1.29 is 4.92 Å². The van der Waals surface area contributed by atoms with Crippen molar-refractivity contribution in [2.75, 3.05) is 5.43 Å². The molecule has 5 heteroatoms. The number of benzene rings is 2. The van der Waals surface area contributed by atoms with Crippen molar-refractivity contribution in [1.29, 1.82) is 0 Å². The normalized spacial score (nSPS) is 11.1. The molecule has 0 amide bonds. The van der Waals surface area contributed by atoms with E-state index in [1.54, 1.807) is 12.1 Å². The minimum atomic E-state index is -0.428. The van der Waals surface area contributed by atoms with Gasteiger partial charge in [0.15, 0.2) is 0 Å². The highest BCUT2D eigenvalue weighted by Gasteiger charge is 2.03. The van der Waals surface area contributed by atoms with E-state index >= 15 is 0 Å². The fraction of sp³-hybridized carbons (Fsp3) is 0.0714. The number of nitrogens with zero attached hydrogens (tertiary/aromatic N) is 2. The SMILES string of the molecule is CC(=NNc1ccc([N+](=O)[O-])cc1)c1ccccc1. The van der Waals surface area contributed by atoms with Gasteiger partial charge < -0.3 is 0 Å². The average Bonchev–Trinajstić information content (AvgIpc) is 2.46. The zero-order chi connectivity index (χ0) is 13.7. The van der Waals surface area contributed by atoms with Gasteiger partial charge in [0.25, 0.3) is 5.69 Å². The third-order valence-electron chi connectivity index (χ3n) is 2.62. The first-order chi connectivity index (χ1) is 9.16. The second-order valence-corrected chi connectivity index (χ2v) is 3.98. The van der Waals surface area contributed by atoms with Crippen LogP contribution in [0, 0.1) is 10.1 Å². The number of nitro groups is 1. The summed E-state index contributed by atoms with van der Waals surface area (Å²) >= 11 is 0. The lowest BCUT2D eigenvalue weighted by molar-refractivity contribution is -0.384. The number of nitro benzene ring substituents is 1. The molecule has 0 saturated heterocycles. The van der Waals surface area contributed by atoms with Crippen LogP contribution in [0.15, 0.2) is 59.7 Å². The number of hydrazone groups is 1. The molecule has 0 atom stereocenters. The first-order valence-corrected chi connectivity index (χ1v) is 5.77. The number of anilines is 1. The molecule has 0 heterocycles. The monoisotopic (exact) mass is 255 g/mol. The van der Waals surface area contributed by atoms with E-state index in [1.165, 1.54) is 12.1 Å². The smallest absolute Gasteiger partial charge is 0.269 e. The Balaban J connectivity index is 2.08. The van der Waals surface area contributed by atoms with Crippen molar-refractivity contribution >= 4 is 17.1 Å². The summed E-state index contributed by atoms with van der Waals surface area (Å²) in [6, 6.07) is 15.9. The number of rotatable bonds is 4. The number of hydrogen-bond acceptors (Lipinski definition) is 4. The first kappa shape index (κ1) is 12.8. The van der Waals surface area contributed by atoms with Gasteiger partial charge in [0.05, 0.1) is 16.3 Å². The molecule has 0 unspecified atom stereocenters. The Morgan fingerprint density at radius 2 is 1.74 bits per heavy atom. The Kier molecular flexibility index (Phi) is 3.87. The average molecular weight is 255 g/mol. The molecule has 0 aliphatic heterocycles. The van der Waals surface area contributed by atoms with Crippen LogP contribution in [-0.4, -0.2) is 10.6 Å². The lowest BCUT2D eigenvalue weighted by atomic mass is 10.1. The molecule has 0 aliphatic rings. The van der Waals surface area contributed by atoms with E-state index < -0.39 is 4.92 Å². The van der Waals surface area contributed by atoms with Crippen LogP contribution in [-0.2, 0) is 0 Å². The predicted octanol–water partition coefficient (Wildman–Crippen LogP) is 3.43. The standard InChI is InChI=1S/C14H13N3O2/c1-11(12-5-3-2-4-6-12)15-16-13-7-9-14(10-8-13)17(18)19/h2-10,16H,1H3. The summed E-state index contributed by atoms with van der Waals surface area (Å²) < 4.78 is 0. The maximum absolute atomic E-state index is 10.5. The third kappa shape index (κ3) is 3.38. The zero-order valence-corrected chi connectivity index (χ0v) is 10.4. The Morgan fingerprint density at radius 1 is 1.11 bits per heavy atom. The Bertz CT molecular complexity index is 592. The van der Waals surface area contributed by atoms with Crippen molar-refractivity contribution in [3.63, 3.8) is 0 Å². The third-order valence-corrected chi connectivity index (χ3v) is 2.62. The highest BCUT2D eigenvalue weighted by Crippen LogP contribution is 2.15. The fourth-order valence-corrected chi connectivity index (χ4v) is 1.55. The molecule has 0 aromatic heterocycles. The summed E-state index contributed by atoms with van der Waals surface area (Å²) in [5, 5.41) is 14.8. The van der Waals surface area contributed by atoms with Gasteiger partial charge in [-0.3, -0.25) is 15.5 Å². The van der Waals surface area contributed by atoms with E-state index in [2.05, 4.69) is 10.5 Å². The summed E-state index contributed by atoms with van der Waals surface area (Å²) in [4.78, 5) is 10.1. The van der Waals surface area contributed by atoms with Crippen molar-refractivity contribution in [2.45, 2.75) is 6.92 Å². The molecule has 0 spiro atoms. The van der Waals surface area contributed by atoms with E-state index in [0.717, 1.165) is 11.3 Å². The minimum absolute atomic E-state index is 0.0642. The van der Waals surface area contributed by atoms with Crippen LogP contribution in [0.25, 0.3) is 0 Å². The molecule has 0 saturated carbocycles. The van der Waals surface area contributed by atoms with Crippen molar-refractivity contribution in [2.24, 2.45) is 5.10 Å². The van der Waals surface area contributed by atoms with Gasteiger partial charge in [-0.25, -0.2) is 0 Å². The Hall–Kier alpha value is -2.69. The van der Waals surface area contributed by atoms with E-state index in [4.69, 9.17) is 0 Å². The second kappa shape index (κ2) is 5.77.